The zero-order valence-corrected chi connectivity index (χ0v) is 42.4. The van der Waals surface area contributed by atoms with Crippen molar-refractivity contribution in [2.24, 2.45) is 5.92 Å². The normalized spacial score (nSPS) is 13.1. The zero-order valence-electron chi connectivity index (χ0n) is 42.4. The summed E-state index contributed by atoms with van der Waals surface area (Å²) in [6, 6.07) is 37.8. The van der Waals surface area contributed by atoms with Crippen LogP contribution in [0.3, 0.4) is 0 Å². The fourth-order valence-corrected chi connectivity index (χ4v) is 8.75. The molecular formula is C58H73N3O9. The Balaban J connectivity index is 0.000000277. The van der Waals surface area contributed by atoms with Crippen molar-refractivity contribution >= 4 is 24.0 Å². The van der Waals surface area contributed by atoms with Gasteiger partial charge in [0, 0.05) is 43.9 Å². The second-order valence-corrected chi connectivity index (χ2v) is 17.5. The third kappa shape index (κ3) is 16.2. The van der Waals surface area contributed by atoms with Gasteiger partial charge < -0.3 is 48.2 Å². The van der Waals surface area contributed by atoms with Gasteiger partial charge in [-0.3, -0.25) is 9.59 Å². The maximum absolute atomic E-state index is 13.9. The molecule has 0 radical (unpaired) electrons. The third-order valence-corrected chi connectivity index (χ3v) is 12.3. The van der Waals surface area contributed by atoms with Gasteiger partial charge in [0.05, 0.1) is 42.7 Å². The van der Waals surface area contributed by atoms with Crippen molar-refractivity contribution < 1.29 is 43.1 Å². The van der Waals surface area contributed by atoms with Crippen LogP contribution in [0.5, 0.6) is 34.5 Å². The Morgan fingerprint density at radius 2 is 0.957 bits per heavy atom. The number of carbonyl (C=O) groups is 2. The predicted molar refractivity (Wildman–Crippen MR) is 280 cm³/mol. The highest BCUT2D eigenvalue weighted by Gasteiger charge is 2.24. The number of nitrogens with zero attached hydrogens (tertiary/aromatic N) is 3. The SMILES string of the molecule is COc1cc(C(=O)N(CCCN2CCC(Cc3ccccc3)CC2)C/C(C)=C/c2ccccc2)cc(OC)c1OC.COc1cc(C(=O)N(CCCO)C/C(C)=C/c2ccccc2)cc(OC)c1OC. The summed E-state index contributed by atoms with van der Waals surface area (Å²) in [5, 5.41) is 9.26. The van der Waals surface area contributed by atoms with Crippen LogP contribution in [-0.4, -0.2) is 127 Å². The van der Waals surface area contributed by atoms with Crippen LogP contribution in [0, 0.1) is 5.92 Å². The van der Waals surface area contributed by atoms with E-state index in [1.165, 1.54) is 46.2 Å². The average Bonchev–Trinajstić information content (AvgIpc) is 3.39. The van der Waals surface area contributed by atoms with Crippen LogP contribution in [0.15, 0.2) is 126 Å². The van der Waals surface area contributed by atoms with Crippen LogP contribution in [-0.2, 0) is 6.42 Å². The van der Waals surface area contributed by atoms with E-state index in [1.54, 1.807) is 50.5 Å². The van der Waals surface area contributed by atoms with E-state index in [4.69, 9.17) is 28.4 Å². The zero-order chi connectivity index (χ0) is 50.3. The molecule has 1 aliphatic heterocycles. The van der Waals surface area contributed by atoms with Gasteiger partial charge in [-0.1, -0.05) is 114 Å². The number of aliphatic hydroxyl groups is 1. The molecule has 1 saturated heterocycles. The highest BCUT2D eigenvalue weighted by Crippen LogP contribution is 2.40. The molecule has 12 heteroatoms. The summed E-state index contributed by atoms with van der Waals surface area (Å²) in [5.74, 6) is 3.25. The number of likely N-dealkylation sites (tertiary alicyclic amines) is 1. The van der Waals surface area contributed by atoms with Crippen LogP contribution >= 0.6 is 0 Å². The molecule has 0 atom stereocenters. The minimum absolute atomic E-state index is 0.0144. The number of piperidine rings is 1. The lowest BCUT2D eigenvalue weighted by Gasteiger charge is -2.33. The van der Waals surface area contributed by atoms with Gasteiger partial charge in [-0.2, -0.15) is 0 Å². The maximum Gasteiger partial charge on any atom is 0.254 e. The van der Waals surface area contributed by atoms with E-state index in [1.807, 2.05) is 60.4 Å². The molecule has 70 heavy (non-hydrogen) atoms. The van der Waals surface area contributed by atoms with Crippen molar-refractivity contribution in [1.82, 2.24) is 14.7 Å². The highest BCUT2D eigenvalue weighted by molar-refractivity contribution is 5.96. The van der Waals surface area contributed by atoms with Gasteiger partial charge in [-0.15, -0.1) is 0 Å². The molecule has 0 unspecified atom stereocenters. The quantitative estimate of drug-likeness (QED) is 0.0678. The van der Waals surface area contributed by atoms with Crippen molar-refractivity contribution in [3.63, 3.8) is 0 Å². The number of hydrogen-bond acceptors (Lipinski definition) is 10. The van der Waals surface area contributed by atoms with Gasteiger partial charge >= 0.3 is 0 Å². The topological polar surface area (TPSA) is 119 Å². The summed E-state index contributed by atoms with van der Waals surface area (Å²) in [6.45, 7) is 9.40. The molecular weight excluding hydrogens is 883 g/mol. The number of rotatable bonds is 23. The van der Waals surface area contributed by atoms with Crippen LogP contribution in [0.1, 0.15) is 76.9 Å². The van der Waals surface area contributed by atoms with Crippen molar-refractivity contribution in [3.8, 4) is 34.5 Å². The molecule has 5 aromatic rings. The van der Waals surface area contributed by atoms with Crippen molar-refractivity contribution in [2.45, 2.75) is 46.0 Å². The summed E-state index contributed by atoms with van der Waals surface area (Å²) >= 11 is 0. The third-order valence-electron chi connectivity index (χ3n) is 12.3. The largest absolute Gasteiger partial charge is 0.493 e. The molecule has 6 rings (SSSR count). The number of amides is 2. The smallest absolute Gasteiger partial charge is 0.254 e. The summed E-state index contributed by atoms with van der Waals surface area (Å²) in [5.41, 5.74) is 6.76. The average molecular weight is 956 g/mol. The fourth-order valence-electron chi connectivity index (χ4n) is 8.75. The molecule has 5 aromatic carbocycles. The Morgan fingerprint density at radius 3 is 1.33 bits per heavy atom. The lowest BCUT2D eigenvalue weighted by Crippen LogP contribution is -2.38. The molecule has 1 N–H and O–H groups in total. The van der Waals surface area contributed by atoms with Crippen LogP contribution in [0.4, 0.5) is 0 Å². The van der Waals surface area contributed by atoms with Gasteiger partial charge in [0.15, 0.2) is 23.0 Å². The molecule has 1 heterocycles. The van der Waals surface area contributed by atoms with E-state index in [-0.39, 0.29) is 18.4 Å². The minimum Gasteiger partial charge on any atom is -0.493 e. The molecule has 1 aliphatic rings. The van der Waals surface area contributed by atoms with Gasteiger partial charge in [-0.05, 0) is 112 Å². The van der Waals surface area contributed by atoms with Gasteiger partial charge in [0.25, 0.3) is 11.8 Å². The lowest BCUT2D eigenvalue weighted by atomic mass is 9.90. The summed E-state index contributed by atoms with van der Waals surface area (Å²) in [4.78, 5) is 33.3. The molecule has 0 aromatic heterocycles. The molecule has 0 spiro atoms. The molecule has 0 aliphatic carbocycles. The van der Waals surface area contributed by atoms with Gasteiger partial charge in [0.1, 0.15) is 0 Å². The van der Waals surface area contributed by atoms with Crippen molar-refractivity contribution in [3.05, 3.63) is 154 Å². The van der Waals surface area contributed by atoms with E-state index < -0.39 is 0 Å². The second kappa shape index (κ2) is 28.7. The molecule has 0 bridgehead atoms. The Labute approximate surface area is 416 Å². The lowest BCUT2D eigenvalue weighted by molar-refractivity contribution is 0.0751. The number of ether oxygens (including phenoxy) is 6. The van der Waals surface area contributed by atoms with Crippen LogP contribution in [0.2, 0.25) is 0 Å². The first-order valence-electron chi connectivity index (χ1n) is 24.0. The van der Waals surface area contributed by atoms with E-state index in [0.29, 0.717) is 78.2 Å². The van der Waals surface area contributed by atoms with Gasteiger partial charge in [0.2, 0.25) is 11.5 Å². The van der Waals surface area contributed by atoms with E-state index in [0.717, 1.165) is 54.2 Å². The molecule has 374 valence electrons. The number of aliphatic hydroxyl groups excluding tert-OH is 1. The molecule has 12 nitrogen and oxygen atoms in total. The number of carbonyl (C=O) groups excluding carboxylic acids is 2. The summed E-state index contributed by atoms with van der Waals surface area (Å²) < 4.78 is 32.6. The minimum atomic E-state index is -0.168. The predicted octanol–water partition coefficient (Wildman–Crippen LogP) is 10.2. The number of hydrogen-bond donors (Lipinski definition) is 1. The Hall–Kier alpha value is -6.76. The molecule has 2 amide bonds. The second-order valence-electron chi connectivity index (χ2n) is 17.5. The monoisotopic (exact) mass is 956 g/mol. The Bertz CT molecular complexity index is 2380. The number of methoxy groups -OCH3 is 6. The fraction of sp³-hybridized carbons (Fsp3) is 0.379. The van der Waals surface area contributed by atoms with Gasteiger partial charge in [-0.25, -0.2) is 0 Å². The Morgan fingerprint density at radius 1 is 0.571 bits per heavy atom. The summed E-state index contributed by atoms with van der Waals surface area (Å²) in [6.07, 6.45) is 9.22. The maximum atomic E-state index is 13.9. The van der Waals surface area contributed by atoms with E-state index in [9.17, 15) is 14.7 Å². The molecule has 0 saturated carbocycles. The first-order valence-corrected chi connectivity index (χ1v) is 24.0. The standard InChI is InChI=1S/C35H44N2O4.C23H29NO5/c1-27(22-28-12-7-5-8-13-28)26-37(35(38)31-24-32(39-2)34(41-4)33(25-31)40-3)19-11-18-36-20-16-30(17-21-36)23-29-14-9-6-10-15-29;1-17(13-18-9-6-5-7-10-18)16-24(11-8-12-25)23(26)19-14-20(27-2)22(29-4)21(15-19)28-3/h5-10,12-15,22,24-25,30H,11,16-21,23,26H2,1-4H3;5-7,9-10,13-15,25H,8,11-12,16H2,1-4H3/b27-22+;17-13+. The summed E-state index contributed by atoms with van der Waals surface area (Å²) in [7, 11) is 9.26. The Kier molecular flexibility index (Phi) is 22.2. The van der Waals surface area contributed by atoms with Crippen LogP contribution in [0.25, 0.3) is 12.2 Å². The van der Waals surface area contributed by atoms with E-state index >= 15 is 0 Å². The van der Waals surface area contributed by atoms with Crippen molar-refractivity contribution in [2.75, 3.05) is 95.1 Å². The van der Waals surface area contributed by atoms with Crippen LogP contribution < -0.4 is 28.4 Å². The van der Waals surface area contributed by atoms with Crippen molar-refractivity contribution in [1.29, 1.82) is 0 Å². The first-order chi connectivity index (χ1) is 34.0. The van der Waals surface area contributed by atoms with E-state index in [2.05, 4.69) is 66.4 Å². The molecule has 1 fully saturated rings. The number of benzene rings is 5. The highest BCUT2D eigenvalue weighted by atomic mass is 16.5. The first kappa shape index (κ1) is 54.2.